The van der Waals surface area contributed by atoms with Crippen LogP contribution >= 0.6 is 0 Å². The molecule has 7 heteroatoms. The highest BCUT2D eigenvalue weighted by atomic mass is 16.5. The van der Waals surface area contributed by atoms with Crippen molar-refractivity contribution in [2.45, 2.75) is 13.5 Å². The van der Waals surface area contributed by atoms with E-state index in [2.05, 4.69) is 10.2 Å². The quantitative estimate of drug-likeness (QED) is 0.493. The molecule has 0 saturated carbocycles. The molecule has 0 aliphatic rings. The van der Waals surface area contributed by atoms with Crippen LogP contribution in [0.4, 0.5) is 0 Å². The normalized spacial score (nSPS) is 10.7. The van der Waals surface area contributed by atoms with Gasteiger partial charge in [-0.25, -0.2) is 14.2 Å². The molecule has 0 amide bonds. The predicted molar refractivity (Wildman–Crippen MR) is 107 cm³/mol. The van der Waals surface area contributed by atoms with Crippen molar-refractivity contribution in [1.29, 1.82) is 0 Å². The van der Waals surface area contributed by atoms with Crippen molar-refractivity contribution in [3.05, 3.63) is 106 Å². The number of rotatable bonds is 5. The Bertz CT molecular complexity index is 1180. The second-order valence-corrected chi connectivity index (χ2v) is 6.44. The van der Waals surface area contributed by atoms with E-state index in [1.807, 2.05) is 66.9 Å². The van der Waals surface area contributed by atoms with Crippen molar-refractivity contribution in [2.24, 2.45) is 0 Å². The molecule has 0 N–H and O–H groups in total. The Morgan fingerprint density at radius 2 is 1.76 bits per heavy atom. The molecule has 4 rings (SSSR count). The van der Waals surface area contributed by atoms with Crippen molar-refractivity contribution < 1.29 is 9.53 Å². The third-order valence-electron chi connectivity index (χ3n) is 4.38. The van der Waals surface area contributed by atoms with Crippen LogP contribution in [0.15, 0.2) is 83.9 Å². The van der Waals surface area contributed by atoms with E-state index in [0.29, 0.717) is 5.69 Å². The Morgan fingerprint density at radius 1 is 1.00 bits per heavy atom. The zero-order valence-electron chi connectivity index (χ0n) is 15.7. The van der Waals surface area contributed by atoms with Gasteiger partial charge in [-0.2, -0.15) is 10.2 Å². The lowest BCUT2D eigenvalue weighted by Crippen LogP contribution is -2.24. The molecule has 2 aromatic carbocycles. The van der Waals surface area contributed by atoms with Gasteiger partial charge in [-0.05, 0) is 42.8 Å². The fourth-order valence-corrected chi connectivity index (χ4v) is 2.90. The lowest BCUT2D eigenvalue weighted by Gasteiger charge is -2.11. The molecule has 0 aliphatic heterocycles. The molecule has 2 aromatic heterocycles. The summed E-state index contributed by atoms with van der Waals surface area (Å²) >= 11 is 0. The first-order valence-electron chi connectivity index (χ1n) is 9.04. The van der Waals surface area contributed by atoms with Gasteiger partial charge in [-0.15, -0.1) is 0 Å². The molecular weight excluding hydrogens is 368 g/mol. The number of benzene rings is 2. The molecule has 0 bridgehead atoms. The van der Waals surface area contributed by atoms with E-state index in [1.165, 1.54) is 6.07 Å². The minimum Gasteiger partial charge on any atom is -0.456 e. The van der Waals surface area contributed by atoms with Gasteiger partial charge in [0.1, 0.15) is 6.61 Å². The number of para-hydroxylation sites is 1. The fraction of sp³-hybridized carbons (Fsp3) is 0.0909. The summed E-state index contributed by atoms with van der Waals surface area (Å²) in [6.45, 7) is 1.80. The SMILES string of the molecule is Cc1cc(=O)c(C(=O)OCc2ccc(-n3cccn3)cc2)nn1-c1ccccc1. The van der Waals surface area contributed by atoms with Crippen molar-refractivity contribution in [3.63, 3.8) is 0 Å². The van der Waals surface area contributed by atoms with Gasteiger partial charge in [0.2, 0.25) is 11.1 Å². The van der Waals surface area contributed by atoms with Crippen molar-refractivity contribution in [1.82, 2.24) is 19.6 Å². The molecule has 0 saturated heterocycles. The van der Waals surface area contributed by atoms with Crippen LogP contribution in [0, 0.1) is 6.92 Å². The van der Waals surface area contributed by atoms with Crippen molar-refractivity contribution >= 4 is 5.97 Å². The Labute approximate surface area is 166 Å². The molecule has 7 nitrogen and oxygen atoms in total. The van der Waals surface area contributed by atoms with E-state index >= 15 is 0 Å². The van der Waals surface area contributed by atoms with Gasteiger partial charge in [-0.1, -0.05) is 30.3 Å². The molecule has 0 aliphatic carbocycles. The Morgan fingerprint density at radius 3 is 2.45 bits per heavy atom. The Kier molecular flexibility index (Phi) is 5.03. The lowest BCUT2D eigenvalue weighted by atomic mass is 10.2. The molecule has 0 unspecified atom stereocenters. The largest absolute Gasteiger partial charge is 0.456 e. The van der Waals surface area contributed by atoms with Crippen LogP contribution in [0.3, 0.4) is 0 Å². The maximum atomic E-state index is 12.5. The number of hydrogen-bond donors (Lipinski definition) is 0. The Hall–Kier alpha value is -4.00. The number of esters is 1. The number of nitrogens with zero attached hydrogens (tertiary/aromatic N) is 4. The number of carbonyl (C=O) groups is 1. The topological polar surface area (TPSA) is 79.0 Å². The fourth-order valence-electron chi connectivity index (χ4n) is 2.90. The number of ether oxygens (including phenoxy) is 1. The van der Waals surface area contributed by atoms with E-state index in [1.54, 1.807) is 22.5 Å². The first-order chi connectivity index (χ1) is 14.1. The third kappa shape index (κ3) is 3.98. The van der Waals surface area contributed by atoms with Crippen LogP contribution in [0.25, 0.3) is 11.4 Å². The highest BCUT2D eigenvalue weighted by Gasteiger charge is 2.17. The van der Waals surface area contributed by atoms with Gasteiger partial charge >= 0.3 is 5.97 Å². The molecule has 29 heavy (non-hydrogen) atoms. The second-order valence-electron chi connectivity index (χ2n) is 6.44. The summed E-state index contributed by atoms with van der Waals surface area (Å²) in [6, 6.07) is 20.0. The van der Waals surface area contributed by atoms with Gasteiger partial charge in [0.05, 0.1) is 11.4 Å². The molecule has 4 aromatic rings. The highest BCUT2D eigenvalue weighted by Crippen LogP contribution is 2.11. The van der Waals surface area contributed by atoms with Gasteiger partial charge in [0.15, 0.2) is 0 Å². The summed E-state index contributed by atoms with van der Waals surface area (Å²) in [5, 5.41) is 8.39. The molecule has 0 radical (unpaired) electrons. The number of aromatic nitrogens is 4. The van der Waals surface area contributed by atoms with Crippen LogP contribution < -0.4 is 5.43 Å². The van der Waals surface area contributed by atoms with E-state index in [0.717, 1.165) is 16.9 Å². The summed E-state index contributed by atoms with van der Waals surface area (Å²) in [4.78, 5) is 24.7. The van der Waals surface area contributed by atoms with Crippen LogP contribution in [0.2, 0.25) is 0 Å². The van der Waals surface area contributed by atoms with E-state index < -0.39 is 11.4 Å². The monoisotopic (exact) mass is 386 g/mol. The van der Waals surface area contributed by atoms with Crippen molar-refractivity contribution in [3.8, 4) is 11.4 Å². The maximum absolute atomic E-state index is 12.5. The molecular formula is C22H18N4O3. The second kappa shape index (κ2) is 7.93. The zero-order chi connectivity index (χ0) is 20.2. The summed E-state index contributed by atoms with van der Waals surface area (Å²) in [7, 11) is 0. The summed E-state index contributed by atoms with van der Waals surface area (Å²) < 4.78 is 8.61. The summed E-state index contributed by atoms with van der Waals surface area (Å²) in [5.74, 6) is -0.754. The molecule has 0 atom stereocenters. The van der Waals surface area contributed by atoms with Crippen LogP contribution in [0.5, 0.6) is 0 Å². The molecule has 2 heterocycles. The number of carbonyl (C=O) groups excluding carboxylic acids is 1. The third-order valence-corrected chi connectivity index (χ3v) is 4.38. The van der Waals surface area contributed by atoms with E-state index in [4.69, 9.17) is 4.74 Å². The maximum Gasteiger partial charge on any atom is 0.363 e. The first kappa shape index (κ1) is 18.4. The molecule has 144 valence electrons. The summed E-state index contributed by atoms with van der Waals surface area (Å²) in [5.41, 5.74) is 2.38. The Balaban J connectivity index is 1.51. The summed E-state index contributed by atoms with van der Waals surface area (Å²) in [6.07, 6.45) is 3.54. The van der Waals surface area contributed by atoms with Crippen LogP contribution in [-0.4, -0.2) is 25.5 Å². The minimum absolute atomic E-state index is 0.0402. The smallest absolute Gasteiger partial charge is 0.363 e. The highest BCUT2D eigenvalue weighted by molar-refractivity contribution is 5.86. The first-order valence-corrected chi connectivity index (χ1v) is 9.04. The van der Waals surface area contributed by atoms with Gasteiger partial charge < -0.3 is 4.74 Å². The van der Waals surface area contributed by atoms with Crippen LogP contribution in [-0.2, 0) is 11.3 Å². The van der Waals surface area contributed by atoms with Gasteiger partial charge in [-0.3, -0.25) is 4.79 Å². The molecule has 0 fully saturated rings. The standard InChI is InChI=1S/C22H18N4O3/c1-16-14-20(27)21(24-26(16)19-6-3-2-4-7-19)22(28)29-15-17-8-10-18(11-9-17)25-13-5-12-23-25/h2-14H,15H2,1H3. The number of hydrogen-bond acceptors (Lipinski definition) is 5. The average molecular weight is 386 g/mol. The predicted octanol–water partition coefficient (Wildman–Crippen LogP) is 3.08. The van der Waals surface area contributed by atoms with E-state index in [-0.39, 0.29) is 12.3 Å². The minimum atomic E-state index is -0.754. The van der Waals surface area contributed by atoms with Crippen molar-refractivity contribution in [2.75, 3.05) is 0 Å². The zero-order valence-corrected chi connectivity index (χ0v) is 15.7. The average Bonchev–Trinajstić information content (AvgIpc) is 3.28. The lowest BCUT2D eigenvalue weighted by molar-refractivity contribution is 0.0461. The number of aryl methyl sites for hydroxylation is 1. The van der Waals surface area contributed by atoms with Gasteiger partial charge in [0.25, 0.3) is 0 Å². The van der Waals surface area contributed by atoms with Gasteiger partial charge in [0, 0.05) is 24.2 Å². The van der Waals surface area contributed by atoms with Crippen LogP contribution in [0.1, 0.15) is 21.7 Å². The molecule has 0 spiro atoms. The van der Waals surface area contributed by atoms with E-state index in [9.17, 15) is 9.59 Å².